The highest BCUT2D eigenvalue weighted by molar-refractivity contribution is 8.00. The number of carboxylic acids is 1. The fraction of sp³-hybridized carbons (Fsp3) is 0.250. The SMILES string of the molecule is Cc1ccc(NC(=O)CSc2cccc(NC(=O)CCC(=O)O)c2)c(C)c1. The van der Waals surface area contributed by atoms with Gasteiger partial charge in [0.1, 0.15) is 0 Å². The molecule has 0 aliphatic rings. The van der Waals surface area contributed by atoms with Crippen LogP contribution in [0.15, 0.2) is 47.4 Å². The second-order valence-corrected chi connectivity index (χ2v) is 7.17. The maximum Gasteiger partial charge on any atom is 0.303 e. The lowest BCUT2D eigenvalue weighted by molar-refractivity contribution is -0.138. The molecule has 2 aromatic rings. The van der Waals surface area contributed by atoms with Crippen molar-refractivity contribution in [2.75, 3.05) is 16.4 Å². The summed E-state index contributed by atoms with van der Waals surface area (Å²) >= 11 is 1.36. The number of carbonyl (C=O) groups is 3. The molecule has 2 amide bonds. The van der Waals surface area contributed by atoms with Gasteiger partial charge < -0.3 is 15.7 Å². The first-order valence-corrected chi connectivity index (χ1v) is 9.43. The van der Waals surface area contributed by atoms with Gasteiger partial charge in [-0.15, -0.1) is 11.8 Å². The molecule has 7 heteroatoms. The van der Waals surface area contributed by atoms with Crippen molar-refractivity contribution in [3.8, 4) is 0 Å². The number of amides is 2. The predicted octanol–water partition coefficient (Wildman–Crippen LogP) is 3.84. The number of hydrogen-bond acceptors (Lipinski definition) is 4. The van der Waals surface area contributed by atoms with E-state index in [4.69, 9.17) is 5.11 Å². The molecule has 0 aliphatic heterocycles. The molecule has 0 heterocycles. The number of carboxylic acid groups (broad SMARTS) is 1. The van der Waals surface area contributed by atoms with E-state index in [-0.39, 0.29) is 30.4 Å². The third kappa shape index (κ3) is 7.15. The standard InChI is InChI=1S/C20H22N2O4S/c1-13-6-7-17(14(2)10-13)22-19(24)12-27-16-5-3-4-15(11-16)21-18(23)8-9-20(25)26/h3-7,10-11H,8-9,12H2,1-2H3,(H,21,23)(H,22,24)(H,25,26). The molecule has 0 bridgehead atoms. The van der Waals surface area contributed by atoms with Crippen LogP contribution in [-0.4, -0.2) is 28.6 Å². The van der Waals surface area contributed by atoms with Crippen molar-refractivity contribution in [1.82, 2.24) is 0 Å². The molecule has 0 atom stereocenters. The van der Waals surface area contributed by atoms with Crippen LogP contribution in [0.25, 0.3) is 0 Å². The Morgan fingerprint density at radius 2 is 1.74 bits per heavy atom. The zero-order chi connectivity index (χ0) is 19.8. The monoisotopic (exact) mass is 386 g/mol. The van der Waals surface area contributed by atoms with Crippen molar-refractivity contribution in [2.45, 2.75) is 31.6 Å². The summed E-state index contributed by atoms with van der Waals surface area (Å²) in [5, 5.41) is 14.2. The minimum absolute atomic E-state index is 0.0784. The number of aliphatic carboxylic acids is 1. The second-order valence-electron chi connectivity index (χ2n) is 6.12. The number of anilines is 2. The molecule has 0 aromatic heterocycles. The van der Waals surface area contributed by atoms with E-state index in [1.165, 1.54) is 11.8 Å². The van der Waals surface area contributed by atoms with Crippen LogP contribution in [0.3, 0.4) is 0 Å². The first kappa shape index (κ1) is 20.5. The van der Waals surface area contributed by atoms with E-state index in [0.29, 0.717) is 5.69 Å². The first-order valence-electron chi connectivity index (χ1n) is 8.45. The van der Waals surface area contributed by atoms with Crippen LogP contribution >= 0.6 is 11.8 Å². The summed E-state index contributed by atoms with van der Waals surface area (Å²) in [6.45, 7) is 3.95. The smallest absolute Gasteiger partial charge is 0.303 e. The summed E-state index contributed by atoms with van der Waals surface area (Å²) in [6.07, 6.45) is -0.288. The van der Waals surface area contributed by atoms with Gasteiger partial charge in [-0.05, 0) is 43.7 Å². The van der Waals surface area contributed by atoms with E-state index >= 15 is 0 Å². The summed E-state index contributed by atoms with van der Waals surface area (Å²) in [7, 11) is 0. The van der Waals surface area contributed by atoms with Gasteiger partial charge in [0, 0.05) is 22.7 Å². The average molecular weight is 386 g/mol. The fourth-order valence-electron chi connectivity index (χ4n) is 2.40. The molecule has 0 unspecified atom stereocenters. The molecule has 0 saturated carbocycles. The first-order chi connectivity index (χ1) is 12.8. The molecule has 0 saturated heterocycles. The van der Waals surface area contributed by atoms with Crippen LogP contribution in [0.4, 0.5) is 11.4 Å². The van der Waals surface area contributed by atoms with Gasteiger partial charge in [0.15, 0.2) is 0 Å². The number of hydrogen-bond donors (Lipinski definition) is 3. The predicted molar refractivity (Wildman–Crippen MR) is 107 cm³/mol. The Balaban J connectivity index is 1.87. The highest BCUT2D eigenvalue weighted by Crippen LogP contribution is 2.23. The molecule has 0 aliphatic carbocycles. The molecule has 6 nitrogen and oxygen atoms in total. The molecule has 0 fully saturated rings. The molecular weight excluding hydrogens is 364 g/mol. The molecule has 27 heavy (non-hydrogen) atoms. The second kappa shape index (κ2) is 9.78. The maximum absolute atomic E-state index is 12.2. The minimum Gasteiger partial charge on any atom is -0.481 e. The zero-order valence-electron chi connectivity index (χ0n) is 15.2. The maximum atomic E-state index is 12.2. The van der Waals surface area contributed by atoms with Crippen molar-refractivity contribution >= 4 is 40.9 Å². The van der Waals surface area contributed by atoms with Gasteiger partial charge in [0.05, 0.1) is 12.2 Å². The molecular formula is C20H22N2O4S. The van der Waals surface area contributed by atoms with Crippen LogP contribution in [0.1, 0.15) is 24.0 Å². The number of rotatable bonds is 8. The molecule has 3 N–H and O–H groups in total. The largest absolute Gasteiger partial charge is 0.481 e. The summed E-state index contributed by atoms with van der Waals surface area (Å²) in [6, 6.07) is 13.0. The molecule has 0 spiro atoms. The highest BCUT2D eigenvalue weighted by Gasteiger charge is 2.08. The third-order valence-electron chi connectivity index (χ3n) is 3.71. The van der Waals surface area contributed by atoms with Gasteiger partial charge in [-0.2, -0.15) is 0 Å². The molecule has 142 valence electrons. The van der Waals surface area contributed by atoms with Gasteiger partial charge >= 0.3 is 5.97 Å². The lowest BCUT2D eigenvalue weighted by atomic mass is 10.1. The fourth-order valence-corrected chi connectivity index (χ4v) is 3.15. The van der Waals surface area contributed by atoms with E-state index in [2.05, 4.69) is 10.6 Å². The molecule has 0 radical (unpaired) electrons. The summed E-state index contributed by atoms with van der Waals surface area (Å²) in [5.41, 5.74) is 3.53. The number of carbonyl (C=O) groups excluding carboxylic acids is 2. The zero-order valence-corrected chi connectivity index (χ0v) is 16.1. The van der Waals surface area contributed by atoms with Crippen LogP contribution in [0, 0.1) is 13.8 Å². The Hall–Kier alpha value is -2.80. The average Bonchev–Trinajstić information content (AvgIpc) is 2.61. The van der Waals surface area contributed by atoms with Crippen molar-refractivity contribution in [3.63, 3.8) is 0 Å². The van der Waals surface area contributed by atoms with Gasteiger partial charge in [-0.3, -0.25) is 14.4 Å². The van der Waals surface area contributed by atoms with Gasteiger partial charge in [-0.25, -0.2) is 0 Å². The summed E-state index contributed by atoms with van der Waals surface area (Å²) in [5.74, 6) is -1.23. The number of benzene rings is 2. The number of nitrogens with one attached hydrogen (secondary N) is 2. The van der Waals surface area contributed by atoms with E-state index in [0.717, 1.165) is 21.7 Å². The van der Waals surface area contributed by atoms with Crippen LogP contribution in [0.2, 0.25) is 0 Å². The minimum atomic E-state index is -1.01. The van der Waals surface area contributed by atoms with Crippen molar-refractivity contribution in [1.29, 1.82) is 0 Å². The van der Waals surface area contributed by atoms with Gasteiger partial charge in [0.2, 0.25) is 11.8 Å². The van der Waals surface area contributed by atoms with Crippen molar-refractivity contribution in [3.05, 3.63) is 53.6 Å². The normalized spacial score (nSPS) is 10.3. The van der Waals surface area contributed by atoms with Crippen LogP contribution in [-0.2, 0) is 14.4 Å². The highest BCUT2D eigenvalue weighted by atomic mass is 32.2. The molecule has 2 rings (SSSR count). The van der Waals surface area contributed by atoms with E-state index < -0.39 is 5.97 Å². The Kier molecular flexibility index (Phi) is 7.43. The van der Waals surface area contributed by atoms with E-state index in [1.54, 1.807) is 18.2 Å². The van der Waals surface area contributed by atoms with Crippen molar-refractivity contribution in [2.24, 2.45) is 0 Å². The van der Waals surface area contributed by atoms with Crippen molar-refractivity contribution < 1.29 is 19.5 Å². The van der Waals surface area contributed by atoms with E-state index in [1.807, 2.05) is 38.1 Å². The summed E-state index contributed by atoms with van der Waals surface area (Å²) in [4.78, 5) is 35.2. The number of thioether (sulfide) groups is 1. The lowest BCUT2D eigenvalue weighted by Gasteiger charge is -2.10. The topological polar surface area (TPSA) is 95.5 Å². The number of aryl methyl sites for hydroxylation is 2. The summed E-state index contributed by atoms with van der Waals surface area (Å²) < 4.78 is 0. The van der Waals surface area contributed by atoms with E-state index in [9.17, 15) is 14.4 Å². The Bertz CT molecular complexity index is 852. The Morgan fingerprint density at radius 1 is 0.963 bits per heavy atom. The van der Waals surface area contributed by atoms with Crippen LogP contribution < -0.4 is 10.6 Å². The Morgan fingerprint density at radius 3 is 2.44 bits per heavy atom. The van der Waals surface area contributed by atoms with Gasteiger partial charge in [0.25, 0.3) is 0 Å². The molecule has 2 aromatic carbocycles. The Labute approximate surface area is 162 Å². The quantitative estimate of drug-likeness (QED) is 0.599. The van der Waals surface area contributed by atoms with Gasteiger partial charge in [-0.1, -0.05) is 23.8 Å². The lowest BCUT2D eigenvalue weighted by Crippen LogP contribution is -2.15. The van der Waals surface area contributed by atoms with Crippen LogP contribution in [0.5, 0.6) is 0 Å². The third-order valence-corrected chi connectivity index (χ3v) is 4.70.